The number of fused-ring (bicyclic) bond motifs is 1. The third-order valence-corrected chi connectivity index (χ3v) is 5.09. The Bertz CT molecular complexity index is 1110. The van der Waals surface area contributed by atoms with E-state index in [0.29, 0.717) is 22.5 Å². The van der Waals surface area contributed by atoms with Crippen LogP contribution in [0.4, 0.5) is 0 Å². The van der Waals surface area contributed by atoms with Gasteiger partial charge in [-0.2, -0.15) is 0 Å². The van der Waals surface area contributed by atoms with Crippen molar-refractivity contribution in [3.05, 3.63) is 92.3 Å². The molecule has 3 aromatic heterocycles. The second-order valence-electron chi connectivity index (χ2n) is 5.78. The Morgan fingerprint density at radius 3 is 2.56 bits per heavy atom. The van der Waals surface area contributed by atoms with Crippen LogP contribution in [0.3, 0.4) is 0 Å². The van der Waals surface area contributed by atoms with Crippen LogP contribution in [0.15, 0.2) is 74.2 Å². The topological polar surface area (TPSA) is 57.1 Å². The Morgan fingerprint density at radius 2 is 1.80 bits per heavy atom. The molecule has 1 aromatic carbocycles. The lowest BCUT2D eigenvalue weighted by atomic mass is 10.1. The Balaban J connectivity index is 1.78. The second kappa shape index (κ2) is 6.57. The number of furan rings is 1. The van der Waals surface area contributed by atoms with E-state index in [1.807, 2.05) is 41.8 Å². The van der Waals surface area contributed by atoms with E-state index in [1.165, 1.54) is 22.2 Å². The molecule has 6 heteroatoms. The summed E-state index contributed by atoms with van der Waals surface area (Å²) in [5.74, 6) is 0.588. The fraction of sp³-hybridized carbons (Fsp3) is 0.158. The maximum Gasteiger partial charge on any atom is 0.331 e. The van der Waals surface area contributed by atoms with E-state index in [0.717, 1.165) is 12.0 Å². The Hall–Kier alpha value is -2.86. The van der Waals surface area contributed by atoms with Crippen molar-refractivity contribution in [2.24, 2.45) is 0 Å². The summed E-state index contributed by atoms with van der Waals surface area (Å²) in [4.78, 5) is 25.6. The van der Waals surface area contributed by atoms with Gasteiger partial charge in [-0.25, -0.2) is 4.79 Å². The van der Waals surface area contributed by atoms with Crippen LogP contribution in [0.1, 0.15) is 11.3 Å². The summed E-state index contributed by atoms with van der Waals surface area (Å²) in [6.45, 7) is 0.665. The van der Waals surface area contributed by atoms with Crippen molar-refractivity contribution in [1.82, 2.24) is 9.13 Å². The number of thiophene rings is 1. The van der Waals surface area contributed by atoms with E-state index in [2.05, 4.69) is 0 Å². The minimum absolute atomic E-state index is 0.143. The lowest BCUT2D eigenvalue weighted by Crippen LogP contribution is -2.40. The highest BCUT2D eigenvalue weighted by molar-refractivity contribution is 7.17. The molecular formula is C19H16N2O3S. The summed E-state index contributed by atoms with van der Waals surface area (Å²) in [6, 6.07) is 15.4. The zero-order valence-corrected chi connectivity index (χ0v) is 14.2. The standard InChI is InChI=1S/C19H16N2O3S/c22-18-17-16(9-12-25-17)20(10-8-14-5-2-1-3-6-14)19(23)21(18)13-15-7-4-11-24-15/h1-7,9,11-12H,8,10,13H2. The minimum atomic E-state index is -0.303. The van der Waals surface area contributed by atoms with Crippen LogP contribution in [0.2, 0.25) is 0 Å². The molecule has 0 aliphatic carbocycles. The van der Waals surface area contributed by atoms with E-state index >= 15 is 0 Å². The highest BCUT2D eigenvalue weighted by Gasteiger charge is 2.15. The number of hydrogen-bond donors (Lipinski definition) is 0. The number of aromatic nitrogens is 2. The third kappa shape index (κ3) is 2.96. The first-order valence-corrected chi connectivity index (χ1v) is 8.89. The monoisotopic (exact) mass is 352 g/mol. The van der Waals surface area contributed by atoms with Gasteiger partial charge < -0.3 is 4.42 Å². The van der Waals surface area contributed by atoms with E-state index in [4.69, 9.17) is 4.42 Å². The van der Waals surface area contributed by atoms with Gasteiger partial charge in [-0.1, -0.05) is 30.3 Å². The molecular weight excluding hydrogens is 336 g/mol. The van der Waals surface area contributed by atoms with Gasteiger partial charge in [0.25, 0.3) is 5.56 Å². The predicted octanol–water partition coefficient (Wildman–Crippen LogP) is 3.11. The smallest absolute Gasteiger partial charge is 0.331 e. The molecule has 0 saturated heterocycles. The third-order valence-electron chi connectivity index (χ3n) is 4.20. The first-order valence-electron chi connectivity index (χ1n) is 8.01. The summed E-state index contributed by atoms with van der Waals surface area (Å²) >= 11 is 1.36. The molecule has 0 fully saturated rings. The van der Waals surface area contributed by atoms with Gasteiger partial charge >= 0.3 is 5.69 Å². The molecule has 126 valence electrons. The van der Waals surface area contributed by atoms with Crippen LogP contribution in [0.25, 0.3) is 10.2 Å². The molecule has 0 atom stereocenters. The molecule has 0 spiro atoms. The fourth-order valence-corrected chi connectivity index (χ4v) is 3.78. The maximum atomic E-state index is 12.9. The molecule has 0 saturated carbocycles. The molecule has 0 unspecified atom stereocenters. The van der Waals surface area contributed by atoms with E-state index < -0.39 is 0 Å². The first kappa shape index (κ1) is 15.7. The van der Waals surface area contributed by atoms with Crippen molar-refractivity contribution < 1.29 is 4.42 Å². The van der Waals surface area contributed by atoms with E-state index in [-0.39, 0.29) is 17.8 Å². The number of rotatable bonds is 5. The highest BCUT2D eigenvalue weighted by Crippen LogP contribution is 2.16. The average molecular weight is 352 g/mol. The average Bonchev–Trinajstić information content (AvgIpc) is 3.31. The highest BCUT2D eigenvalue weighted by atomic mass is 32.1. The zero-order valence-electron chi connectivity index (χ0n) is 13.4. The molecule has 0 bridgehead atoms. The number of nitrogens with zero attached hydrogens (tertiary/aromatic N) is 2. The van der Waals surface area contributed by atoms with Crippen molar-refractivity contribution >= 4 is 21.6 Å². The van der Waals surface area contributed by atoms with Gasteiger partial charge in [-0.05, 0) is 35.6 Å². The van der Waals surface area contributed by atoms with Crippen molar-refractivity contribution in [3.63, 3.8) is 0 Å². The summed E-state index contributed by atoms with van der Waals surface area (Å²) in [6.07, 6.45) is 2.27. The Labute approximate surface area is 147 Å². The zero-order chi connectivity index (χ0) is 17.2. The van der Waals surface area contributed by atoms with Crippen LogP contribution in [-0.4, -0.2) is 9.13 Å². The molecule has 4 rings (SSSR count). The summed E-state index contributed by atoms with van der Waals surface area (Å²) < 4.78 is 8.84. The summed E-state index contributed by atoms with van der Waals surface area (Å²) in [7, 11) is 0. The minimum Gasteiger partial charge on any atom is -0.467 e. The largest absolute Gasteiger partial charge is 0.467 e. The molecule has 0 aliphatic heterocycles. The normalized spacial score (nSPS) is 11.2. The van der Waals surface area contributed by atoms with E-state index in [1.54, 1.807) is 16.7 Å². The molecule has 5 nitrogen and oxygen atoms in total. The van der Waals surface area contributed by atoms with Crippen molar-refractivity contribution in [2.45, 2.75) is 19.5 Å². The maximum absolute atomic E-state index is 12.9. The van der Waals surface area contributed by atoms with E-state index in [9.17, 15) is 9.59 Å². The van der Waals surface area contributed by atoms with Gasteiger partial charge in [0.05, 0.1) is 18.3 Å². The quantitative estimate of drug-likeness (QED) is 0.554. The second-order valence-corrected chi connectivity index (χ2v) is 6.69. The Morgan fingerprint density at radius 1 is 0.960 bits per heavy atom. The van der Waals surface area contributed by atoms with Gasteiger partial charge in [0.2, 0.25) is 0 Å². The van der Waals surface area contributed by atoms with Gasteiger partial charge in [0.15, 0.2) is 0 Å². The van der Waals surface area contributed by atoms with Crippen LogP contribution < -0.4 is 11.2 Å². The van der Waals surface area contributed by atoms with Crippen LogP contribution in [-0.2, 0) is 19.5 Å². The van der Waals surface area contributed by atoms with Gasteiger partial charge in [-0.15, -0.1) is 11.3 Å². The summed E-state index contributed by atoms with van der Waals surface area (Å²) in [5, 5.41) is 1.85. The molecule has 0 radical (unpaired) electrons. The Kier molecular flexibility index (Phi) is 4.11. The van der Waals surface area contributed by atoms with Crippen LogP contribution in [0.5, 0.6) is 0 Å². The fourth-order valence-electron chi connectivity index (χ4n) is 2.93. The van der Waals surface area contributed by atoms with Crippen LogP contribution in [0, 0.1) is 0 Å². The lowest BCUT2D eigenvalue weighted by Gasteiger charge is -2.11. The van der Waals surface area contributed by atoms with Crippen LogP contribution >= 0.6 is 11.3 Å². The molecule has 25 heavy (non-hydrogen) atoms. The number of hydrogen-bond acceptors (Lipinski definition) is 4. The van der Waals surface area contributed by atoms with Gasteiger partial charge in [-0.3, -0.25) is 13.9 Å². The van der Waals surface area contributed by atoms with Gasteiger partial charge in [0.1, 0.15) is 10.5 Å². The van der Waals surface area contributed by atoms with Crippen molar-refractivity contribution in [1.29, 1.82) is 0 Å². The molecule has 3 heterocycles. The van der Waals surface area contributed by atoms with Gasteiger partial charge in [0, 0.05) is 6.54 Å². The number of aryl methyl sites for hydroxylation is 2. The molecule has 4 aromatic rings. The lowest BCUT2D eigenvalue weighted by molar-refractivity contribution is 0.477. The van der Waals surface area contributed by atoms with Crippen molar-refractivity contribution in [3.8, 4) is 0 Å². The predicted molar refractivity (Wildman–Crippen MR) is 98.3 cm³/mol. The summed E-state index contributed by atoms with van der Waals surface area (Å²) in [5.41, 5.74) is 1.29. The molecule has 0 N–H and O–H groups in total. The number of benzene rings is 1. The first-order chi connectivity index (χ1) is 12.2. The molecule has 0 amide bonds. The SMILES string of the molecule is O=c1c2sccc2n(CCc2ccccc2)c(=O)n1Cc1ccco1. The molecule has 0 aliphatic rings. The van der Waals surface area contributed by atoms with Crippen molar-refractivity contribution in [2.75, 3.05) is 0 Å².